The van der Waals surface area contributed by atoms with E-state index in [0.717, 1.165) is 48.3 Å². The molecular weight excluding hydrogens is 1420 g/mol. The molecule has 9 aromatic carbocycles. The molecule has 10 amide bonds. The Morgan fingerprint density at radius 2 is 0.589 bits per heavy atom. The first-order valence-electron chi connectivity index (χ1n) is 38.4. The normalized spacial score (nSPS) is 14.9. The lowest BCUT2D eigenvalue weighted by Crippen LogP contribution is -2.57. The number of carbonyl (C=O) groups is 10. The lowest BCUT2D eigenvalue weighted by molar-refractivity contribution is -0.137. The van der Waals surface area contributed by atoms with Crippen LogP contribution in [0.2, 0.25) is 0 Å². The van der Waals surface area contributed by atoms with Crippen LogP contribution in [0.5, 0.6) is 46.0 Å². The predicted octanol–water partition coefficient (Wildman–Crippen LogP) is 15.2. The molecule has 576 valence electrons. The summed E-state index contributed by atoms with van der Waals surface area (Å²) in [6, 6.07) is 38.8. The van der Waals surface area contributed by atoms with Crippen molar-refractivity contribution >= 4 is 102 Å². The Balaban J connectivity index is 1.10. The molecule has 0 spiro atoms. The molecule has 2 unspecified atom stereocenters. The number of hydrogen-bond acceptors (Lipinski definition) is 14. The Bertz CT molecular complexity index is 4650. The molecule has 0 bridgehead atoms. The summed E-state index contributed by atoms with van der Waals surface area (Å²) in [5.74, 6) is -5.12. The molecule has 2 atom stereocenters. The van der Waals surface area contributed by atoms with Crippen molar-refractivity contribution in [2.75, 3.05) is 52.4 Å². The molecule has 2 heterocycles. The fourth-order valence-corrected chi connectivity index (χ4v) is 15.9. The maximum Gasteiger partial charge on any atom is 0.262 e. The number of fused-ring (bicyclic) bond motifs is 2. The number of imide groups is 2. The minimum absolute atomic E-state index is 0.0348. The molecule has 0 radical (unpaired) electrons. The standard InChI is InChI=1S/C90H92N8O14/c1-53(2)81(99)91-39-43-95(44-40-92-82(100)54(3)4)89(107)67(47-57-27-15-9-16-28-57)97-85(103)63-49-69(109-59-31-19-11-20-32-59)75-77-71(111-61-35-23-13-24-36-61)51-65-74-66(52-72(112-62-37-25-14-26-38-62)78(80(74)77)76-70(110-60-33-21-12-22-34-60)50-64(86(97)104)73(63)79(75)76)88(106)98(87(65)105)68(48-58-29-17-10-18-30-58)90(108)96(45-41-93-83(101)55(5)6)46-42-94-84(102)56(7)8/h11-14,19-26,31-38,49-52,57-58,67-68H,1,3,5,7,9-10,15-18,27-30,39-48H2,2,4,6,8H3,(H,91,99)(H,92,100)(H,93,101)(H,94,102). The van der Waals surface area contributed by atoms with E-state index < -0.39 is 71.2 Å². The van der Waals surface area contributed by atoms with Gasteiger partial charge in [-0.05, 0) is 125 Å². The zero-order chi connectivity index (χ0) is 79.0. The van der Waals surface area contributed by atoms with Crippen LogP contribution in [-0.2, 0) is 28.8 Å². The molecule has 2 fully saturated rings. The van der Waals surface area contributed by atoms with E-state index in [1.165, 1.54) is 9.80 Å². The predicted molar refractivity (Wildman–Crippen MR) is 429 cm³/mol. The number of carbonyl (C=O) groups excluding carboxylic acids is 10. The average molecular weight is 1510 g/mol. The Labute approximate surface area is 650 Å². The lowest BCUT2D eigenvalue weighted by Gasteiger charge is -2.39. The van der Waals surface area contributed by atoms with Gasteiger partial charge in [0.2, 0.25) is 35.4 Å². The van der Waals surface area contributed by atoms with Gasteiger partial charge in [-0.2, -0.15) is 0 Å². The number of ether oxygens (including phenoxy) is 4. The molecule has 22 nitrogen and oxygen atoms in total. The monoisotopic (exact) mass is 1510 g/mol. The summed E-state index contributed by atoms with van der Waals surface area (Å²) in [7, 11) is 0. The third kappa shape index (κ3) is 16.4. The van der Waals surface area contributed by atoms with Gasteiger partial charge in [-0.15, -0.1) is 0 Å². The quantitative estimate of drug-likeness (QED) is 0.0132. The molecule has 2 aliphatic heterocycles. The third-order valence-corrected chi connectivity index (χ3v) is 21.4. The third-order valence-electron chi connectivity index (χ3n) is 21.4. The molecule has 2 aliphatic carbocycles. The summed E-state index contributed by atoms with van der Waals surface area (Å²) in [6.45, 7) is 20.9. The van der Waals surface area contributed by atoms with E-state index in [1.54, 1.807) is 149 Å². The van der Waals surface area contributed by atoms with Crippen LogP contribution >= 0.6 is 0 Å². The lowest BCUT2D eigenvalue weighted by atomic mass is 9.79. The number of hydrogen-bond donors (Lipinski definition) is 4. The van der Waals surface area contributed by atoms with Crippen molar-refractivity contribution in [3.8, 4) is 46.0 Å². The summed E-state index contributed by atoms with van der Waals surface area (Å²) in [5, 5.41) is 13.0. The van der Waals surface area contributed by atoms with Gasteiger partial charge in [-0.1, -0.05) is 163 Å². The van der Waals surface area contributed by atoms with Crippen LogP contribution in [0.3, 0.4) is 0 Å². The second kappa shape index (κ2) is 34.2. The highest BCUT2D eigenvalue weighted by molar-refractivity contribution is 6.45. The Hall–Kier alpha value is -12.5. The number of benzene rings is 9. The second-order valence-corrected chi connectivity index (χ2v) is 29.6. The van der Waals surface area contributed by atoms with Crippen LogP contribution < -0.4 is 40.2 Å². The topological polar surface area (TPSA) is 269 Å². The zero-order valence-electron chi connectivity index (χ0n) is 63.6. The summed E-state index contributed by atoms with van der Waals surface area (Å²) in [4.78, 5) is 156. The van der Waals surface area contributed by atoms with Gasteiger partial charge < -0.3 is 50.0 Å². The highest BCUT2D eigenvalue weighted by atomic mass is 16.5. The van der Waals surface area contributed by atoms with Crippen molar-refractivity contribution in [1.29, 1.82) is 0 Å². The van der Waals surface area contributed by atoms with Gasteiger partial charge in [0, 0.05) is 118 Å². The summed E-state index contributed by atoms with van der Waals surface area (Å²) in [5.41, 5.74) is 0.825. The molecule has 4 aliphatic rings. The minimum atomic E-state index is -1.45. The largest absolute Gasteiger partial charge is 0.457 e. The first-order valence-corrected chi connectivity index (χ1v) is 38.4. The Kier molecular flexibility index (Phi) is 23.7. The van der Waals surface area contributed by atoms with Crippen LogP contribution in [0.15, 0.2) is 194 Å². The van der Waals surface area contributed by atoms with Crippen molar-refractivity contribution in [1.82, 2.24) is 40.9 Å². The second-order valence-electron chi connectivity index (χ2n) is 29.6. The van der Waals surface area contributed by atoms with Gasteiger partial charge in [0.1, 0.15) is 58.1 Å². The van der Waals surface area contributed by atoms with Crippen LogP contribution in [-0.4, -0.2) is 143 Å². The highest BCUT2D eigenvalue weighted by Gasteiger charge is 2.48. The fourth-order valence-electron chi connectivity index (χ4n) is 15.9. The molecule has 112 heavy (non-hydrogen) atoms. The van der Waals surface area contributed by atoms with Crippen LogP contribution in [0.1, 0.15) is 146 Å². The van der Waals surface area contributed by atoms with Gasteiger partial charge in [-0.25, -0.2) is 0 Å². The first-order chi connectivity index (χ1) is 54.1. The average Bonchev–Trinajstić information content (AvgIpc) is 0.670. The highest BCUT2D eigenvalue weighted by Crippen LogP contribution is 2.58. The molecule has 0 saturated heterocycles. The van der Waals surface area contributed by atoms with E-state index >= 15 is 28.8 Å². The molecule has 2 saturated carbocycles. The Morgan fingerprint density at radius 1 is 0.357 bits per heavy atom. The summed E-state index contributed by atoms with van der Waals surface area (Å²) >= 11 is 0. The van der Waals surface area contributed by atoms with Crippen molar-refractivity contribution < 1.29 is 66.9 Å². The molecule has 9 aromatic rings. The van der Waals surface area contributed by atoms with Crippen LogP contribution in [0, 0.1) is 11.8 Å². The number of amides is 10. The summed E-state index contributed by atoms with van der Waals surface area (Å²) in [6.07, 6.45) is 8.35. The minimum Gasteiger partial charge on any atom is -0.457 e. The molecule has 0 aromatic heterocycles. The van der Waals surface area contributed by atoms with Crippen LogP contribution in [0.25, 0.3) is 43.1 Å². The van der Waals surface area contributed by atoms with Crippen molar-refractivity contribution in [3.63, 3.8) is 0 Å². The van der Waals surface area contributed by atoms with E-state index in [1.807, 2.05) is 24.3 Å². The molecule has 4 N–H and O–H groups in total. The van der Waals surface area contributed by atoms with E-state index in [9.17, 15) is 19.2 Å². The fraction of sp³-hybridized carbons (Fsp3) is 0.311. The SMILES string of the molecule is C=C(C)C(=O)NCCN(CCNC(=O)C(=C)C)C(=O)C(CC1CCCCC1)N1C(=O)c2cc(Oc3ccccc3)c3c4c(Oc5ccccc5)cc5c6c(cc(Oc7ccccc7)c(c7c(Oc8ccccc8)cc(c2c37)C1=O)c64)C(=O)N(C(CC1CCCCC1)C(=O)N(CCNC(=O)C(=C)C)CCNC(=O)C(=C)C)C5=O. The van der Waals surface area contributed by atoms with Crippen LogP contribution in [0.4, 0.5) is 0 Å². The van der Waals surface area contributed by atoms with Gasteiger partial charge in [-0.3, -0.25) is 57.7 Å². The molecular formula is C90H92N8O14. The summed E-state index contributed by atoms with van der Waals surface area (Å²) < 4.78 is 28.9. The van der Waals surface area contributed by atoms with Crippen molar-refractivity contribution in [2.45, 2.75) is 117 Å². The van der Waals surface area contributed by atoms with Gasteiger partial charge in [0.15, 0.2) is 0 Å². The van der Waals surface area contributed by atoms with E-state index in [2.05, 4.69) is 47.6 Å². The first kappa shape index (κ1) is 77.7. The number of para-hydroxylation sites is 4. The zero-order valence-corrected chi connectivity index (χ0v) is 63.6. The van der Waals surface area contributed by atoms with E-state index in [0.29, 0.717) is 48.7 Å². The maximum absolute atomic E-state index is 16.8. The van der Waals surface area contributed by atoms with Crippen molar-refractivity contribution in [3.05, 3.63) is 216 Å². The smallest absolute Gasteiger partial charge is 0.262 e. The Morgan fingerprint density at radius 3 is 0.812 bits per heavy atom. The number of nitrogens with one attached hydrogen (secondary N) is 4. The molecule has 22 heteroatoms. The van der Waals surface area contributed by atoms with Crippen molar-refractivity contribution in [2.24, 2.45) is 11.8 Å². The maximum atomic E-state index is 16.8. The van der Waals surface area contributed by atoms with Gasteiger partial charge >= 0.3 is 0 Å². The van der Waals surface area contributed by atoms with Gasteiger partial charge in [0.25, 0.3) is 23.6 Å². The number of rotatable bonds is 32. The molecule has 13 rings (SSSR count). The van der Waals surface area contributed by atoms with Gasteiger partial charge in [0.05, 0.1) is 22.3 Å². The van der Waals surface area contributed by atoms with E-state index in [-0.39, 0.29) is 188 Å². The number of nitrogens with zero attached hydrogens (tertiary/aromatic N) is 4. The van der Waals surface area contributed by atoms with E-state index in [4.69, 9.17) is 18.9 Å².